The Morgan fingerprint density at radius 1 is 0.950 bits per heavy atom. The number of nitrogens with zero attached hydrogens (tertiary/aromatic N) is 1. The number of hydrogen-bond donors (Lipinski definition) is 2. The highest BCUT2D eigenvalue weighted by atomic mass is 19.4. The molecule has 3 N–H and O–H groups in total. The monoisotopic (exact) mass is 560 g/mol. The number of pyridine rings is 1. The average Bonchev–Trinajstić information content (AvgIpc) is 2.85. The van der Waals surface area contributed by atoms with Crippen LogP contribution in [0.1, 0.15) is 44.6 Å². The molecule has 11 heteroatoms. The van der Waals surface area contributed by atoms with Gasteiger partial charge in [-0.3, -0.25) is 14.4 Å². The third-order valence-corrected chi connectivity index (χ3v) is 6.14. The van der Waals surface area contributed by atoms with E-state index in [4.69, 9.17) is 10.8 Å². The number of hydrogen-bond acceptors (Lipinski definition) is 3. The molecule has 0 atom stereocenters. The molecule has 0 radical (unpaired) electrons. The van der Waals surface area contributed by atoms with Gasteiger partial charge >= 0.3 is 12.1 Å². The number of nitrogens with two attached hydrogens (primary N) is 1. The van der Waals surface area contributed by atoms with E-state index in [2.05, 4.69) is 0 Å². The molecule has 0 aliphatic carbocycles. The zero-order valence-electron chi connectivity index (χ0n) is 21.5. The molecule has 0 unspecified atom stereocenters. The molecule has 0 aliphatic rings. The fourth-order valence-corrected chi connectivity index (χ4v) is 4.30. The Hall–Kier alpha value is -4.54. The Morgan fingerprint density at radius 2 is 1.55 bits per heavy atom. The van der Waals surface area contributed by atoms with Gasteiger partial charge in [0, 0.05) is 30.8 Å². The number of benzene rings is 3. The molecule has 1 heterocycles. The van der Waals surface area contributed by atoms with Crippen molar-refractivity contribution in [3.8, 4) is 0 Å². The van der Waals surface area contributed by atoms with Crippen molar-refractivity contribution in [3.05, 3.63) is 116 Å². The highest BCUT2D eigenvalue weighted by Gasteiger charge is 2.37. The molecule has 0 fully saturated rings. The van der Waals surface area contributed by atoms with E-state index in [0.717, 1.165) is 18.2 Å². The van der Waals surface area contributed by atoms with E-state index in [1.807, 2.05) is 0 Å². The summed E-state index contributed by atoms with van der Waals surface area (Å²) in [6.45, 7) is 1.70. The standard InChI is InChI=1S/C22H20F3NO3.C7H5F2NO/c1-13-6-8-18-16(10-13)20(22(23,24)25)17(21(29)26(18)2)12-15-5-3-4-14(11-15)7-9-19(27)28;8-4-2-1-3-5(9)6(4)7(10)11/h3-6,8,10-11H,7,9,12H2,1-2H3,(H,27,28);1-3H,(H2,10,11). The smallest absolute Gasteiger partial charge is 0.417 e. The number of carbonyl (C=O) groups excluding carboxylic acids is 1. The second-order valence-corrected chi connectivity index (χ2v) is 9.09. The molecule has 0 saturated carbocycles. The van der Waals surface area contributed by atoms with Gasteiger partial charge < -0.3 is 15.4 Å². The molecule has 4 rings (SSSR count). The normalized spacial score (nSPS) is 11.2. The summed E-state index contributed by atoms with van der Waals surface area (Å²) in [6.07, 6.45) is -4.68. The summed E-state index contributed by atoms with van der Waals surface area (Å²) in [5, 5.41) is 8.82. The van der Waals surface area contributed by atoms with Crippen molar-refractivity contribution in [2.24, 2.45) is 12.8 Å². The second-order valence-electron chi connectivity index (χ2n) is 9.09. The fourth-order valence-electron chi connectivity index (χ4n) is 4.30. The van der Waals surface area contributed by atoms with Crippen molar-refractivity contribution in [1.29, 1.82) is 0 Å². The first-order valence-electron chi connectivity index (χ1n) is 11.9. The minimum Gasteiger partial charge on any atom is -0.481 e. The molecule has 40 heavy (non-hydrogen) atoms. The van der Waals surface area contributed by atoms with Crippen LogP contribution in [0.4, 0.5) is 22.0 Å². The van der Waals surface area contributed by atoms with Crippen LogP contribution in [-0.4, -0.2) is 21.6 Å². The van der Waals surface area contributed by atoms with Gasteiger partial charge in [-0.1, -0.05) is 42.0 Å². The first kappa shape index (κ1) is 30.0. The van der Waals surface area contributed by atoms with Crippen LogP contribution in [0, 0.1) is 18.6 Å². The molecule has 1 aromatic heterocycles. The first-order chi connectivity index (χ1) is 18.7. The molecule has 3 aromatic carbocycles. The zero-order chi connectivity index (χ0) is 29.8. The van der Waals surface area contributed by atoms with Crippen molar-refractivity contribution in [2.45, 2.75) is 32.4 Å². The lowest BCUT2D eigenvalue weighted by Crippen LogP contribution is -2.27. The highest BCUT2D eigenvalue weighted by molar-refractivity contribution is 5.93. The average molecular weight is 561 g/mol. The minimum absolute atomic E-state index is 0.00312. The van der Waals surface area contributed by atoms with Crippen LogP contribution in [0.2, 0.25) is 0 Å². The predicted octanol–water partition coefficient (Wildman–Crippen LogP) is 5.54. The van der Waals surface area contributed by atoms with Crippen molar-refractivity contribution in [2.75, 3.05) is 0 Å². The highest BCUT2D eigenvalue weighted by Crippen LogP contribution is 2.37. The van der Waals surface area contributed by atoms with E-state index in [0.29, 0.717) is 16.7 Å². The van der Waals surface area contributed by atoms with Crippen molar-refractivity contribution >= 4 is 22.8 Å². The van der Waals surface area contributed by atoms with Crippen LogP contribution in [0.25, 0.3) is 10.9 Å². The van der Waals surface area contributed by atoms with Gasteiger partial charge in [-0.25, -0.2) is 8.78 Å². The number of aryl methyl sites for hydroxylation is 3. The molecule has 6 nitrogen and oxygen atoms in total. The summed E-state index contributed by atoms with van der Waals surface area (Å²) in [7, 11) is 1.47. The quantitative estimate of drug-likeness (QED) is 0.303. The number of carbonyl (C=O) groups is 2. The summed E-state index contributed by atoms with van der Waals surface area (Å²) in [5.41, 5.74) is 4.23. The predicted molar refractivity (Wildman–Crippen MR) is 139 cm³/mol. The van der Waals surface area contributed by atoms with E-state index in [9.17, 15) is 36.3 Å². The fraction of sp³-hybridized carbons (Fsp3) is 0.207. The lowest BCUT2D eigenvalue weighted by Gasteiger charge is -2.18. The van der Waals surface area contributed by atoms with E-state index in [-0.39, 0.29) is 35.7 Å². The number of primary amides is 1. The van der Waals surface area contributed by atoms with Crippen molar-refractivity contribution < 1.29 is 36.6 Å². The van der Waals surface area contributed by atoms with Crippen LogP contribution in [0.5, 0.6) is 0 Å². The molecular weight excluding hydrogens is 535 g/mol. The Balaban J connectivity index is 0.000000336. The number of rotatable bonds is 6. The van der Waals surface area contributed by atoms with Gasteiger partial charge in [-0.2, -0.15) is 13.2 Å². The molecule has 0 spiro atoms. The van der Waals surface area contributed by atoms with E-state index < -0.39 is 46.4 Å². The second kappa shape index (κ2) is 12.1. The van der Waals surface area contributed by atoms with Crippen LogP contribution in [-0.2, 0) is 30.9 Å². The number of halogens is 5. The van der Waals surface area contributed by atoms with E-state index in [1.165, 1.54) is 23.7 Å². The Labute approximate surface area is 225 Å². The maximum Gasteiger partial charge on any atom is 0.417 e. The topological polar surface area (TPSA) is 102 Å². The Morgan fingerprint density at radius 3 is 2.10 bits per heavy atom. The van der Waals surface area contributed by atoms with E-state index >= 15 is 0 Å². The molecule has 0 bridgehead atoms. The summed E-state index contributed by atoms with van der Waals surface area (Å²) in [4.78, 5) is 34.0. The lowest BCUT2D eigenvalue weighted by molar-refractivity contribution is -0.137. The molecular formula is C29H25F5N2O4. The molecule has 210 valence electrons. The van der Waals surface area contributed by atoms with Gasteiger partial charge in [0.25, 0.3) is 11.5 Å². The number of aromatic nitrogens is 1. The van der Waals surface area contributed by atoms with Gasteiger partial charge in [0.1, 0.15) is 17.2 Å². The maximum absolute atomic E-state index is 14.0. The van der Waals surface area contributed by atoms with E-state index in [1.54, 1.807) is 37.3 Å². The van der Waals surface area contributed by atoms with Crippen molar-refractivity contribution in [1.82, 2.24) is 4.57 Å². The van der Waals surface area contributed by atoms with Gasteiger partial charge in [-0.05, 0) is 48.7 Å². The lowest BCUT2D eigenvalue weighted by atomic mass is 9.95. The molecule has 1 amide bonds. The summed E-state index contributed by atoms with van der Waals surface area (Å²) in [6, 6.07) is 14.4. The van der Waals surface area contributed by atoms with Gasteiger partial charge in [0.2, 0.25) is 0 Å². The summed E-state index contributed by atoms with van der Waals surface area (Å²) >= 11 is 0. The van der Waals surface area contributed by atoms with Crippen LogP contribution >= 0.6 is 0 Å². The Kier molecular flexibility index (Phi) is 9.08. The summed E-state index contributed by atoms with van der Waals surface area (Å²) in [5.74, 6) is -3.91. The number of alkyl halides is 3. The van der Waals surface area contributed by atoms with Gasteiger partial charge in [0.15, 0.2) is 0 Å². The van der Waals surface area contributed by atoms with Crippen LogP contribution < -0.4 is 11.3 Å². The van der Waals surface area contributed by atoms with Gasteiger partial charge in [-0.15, -0.1) is 0 Å². The number of amides is 1. The zero-order valence-corrected chi connectivity index (χ0v) is 21.5. The van der Waals surface area contributed by atoms with Gasteiger partial charge in [0.05, 0.1) is 11.1 Å². The molecule has 0 saturated heterocycles. The molecule has 0 aliphatic heterocycles. The molecule has 4 aromatic rings. The third-order valence-electron chi connectivity index (χ3n) is 6.14. The number of carboxylic acids is 1. The number of aliphatic carboxylic acids is 1. The number of fused-ring (bicyclic) bond motifs is 1. The number of carboxylic acid groups (broad SMARTS) is 1. The van der Waals surface area contributed by atoms with Crippen LogP contribution in [0.15, 0.2) is 65.5 Å². The maximum atomic E-state index is 14.0. The SMILES string of the molecule is Cc1ccc2c(c1)c(C(F)(F)F)c(Cc1cccc(CCC(=O)O)c1)c(=O)n2C.NC(=O)c1c(F)cccc1F. The first-order valence-corrected chi connectivity index (χ1v) is 11.9. The van der Waals surface area contributed by atoms with Crippen LogP contribution in [0.3, 0.4) is 0 Å². The minimum atomic E-state index is -4.68. The third kappa shape index (κ3) is 6.90. The Bertz CT molecular complexity index is 1620. The largest absolute Gasteiger partial charge is 0.481 e. The van der Waals surface area contributed by atoms with Crippen molar-refractivity contribution in [3.63, 3.8) is 0 Å². The summed E-state index contributed by atoms with van der Waals surface area (Å²) < 4.78 is 68.4.